The highest BCUT2D eigenvalue weighted by molar-refractivity contribution is 5.95. The summed E-state index contributed by atoms with van der Waals surface area (Å²) in [4.78, 5) is 4.70. The average molecular weight is 333 g/mol. The Balaban J connectivity index is 1.64. The van der Waals surface area contributed by atoms with Crippen molar-refractivity contribution in [2.45, 2.75) is 0 Å². The second-order valence-corrected chi connectivity index (χ2v) is 6.60. The van der Waals surface area contributed by atoms with Crippen molar-refractivity contribution >= 4 is 34.4 Å². The molecule has 1 aliphatic heterocycles. The minimum atomic E-state index is 0.813. The van der Waals surface area contributed by atoms with E-state index >= 15 is 0 Å². The largest absolute Gasteiger partial charge is 0.397 e. The number of anilines is 2. The predicted molar refractivity (Wildman–Crippen MR) is 106 cm³/mol. The molecule has 25 heavy (non-hydrogen) atoms. The van der Waals surface area contributed by atoms with Crippen molar-refractivity contribution in [3.63, 3.8) is 0 Å². The number of nitrogens with one attached hydrogen (secondary N) is 1. The first-order valence-electron chi connectivity index (χ1n) is 8.65. The maximum absolute atomic E-state index is 6.37. The predicted octanol–water partition coefficient (Wildman–Crippen LogP) is 3.07. The number of piperazine rings is 1. The summed E-state index contributed by atoms with van der Waals surface area (Å²) in [7, 11) is 2.16. The van der Waals surface area contributed by atoms with Crippen molar-refractivity contribution in [3.05, 3.63) is 53.7 Å². The minimum Gasteiger partial charge on any atom is -0.397 e. The zero-order valence-corrected chi connectivity index (χ0v) is 14.4. The Morgan fingerprint density at radius 1 is 1.04 bits per heavy atom. The Labute approximate surface area is 147 Å². The van der Waals surface area contributed by atoms with Gasteiger partial charge in [0.05, 0.1) is 22.6 Å². The lowest BCUT2D eigenvalue weighted by molar-refractivity contribution is 0.313. The Morgan fingerprint density at radius 2 is 1.80 bits per heavy atom. The van der Waals surface area contributed by atoms with E-state index in [9.17, 15) is 0 Å². The van der Waals surface area contributed by atoms with Crippen LogP contribution in [0.3, 0.4) is 0 Å². The summed E-state index contributed by atoms with van der Waals surface area (Å²) in [6.07, 6.45) is 4.10. The van der Waals surface area contributed by atoms with Crippen LogP contribution in [0.2, 0.25) is 0 Å². The van der Waals surface area contributed by atoms with E-state index in [-0.39, 0.29) is 0 Å². The number of aromatic nitrogens is 2. The highest BCUT2D eigenvalue weighted by atomic mass is 15.3. The van der Waals surface area contributed by atoms with Crippen LogP contribution in [0.25, 0.3) is 23.1 Å². The number of rotatable bonds is 3. The van der Waals surface area contributed by atoms with E-state index in [1.807, 2.05) is 30.3 Å². The molecule has 4 rings (SSSR count). The van der Waals surface area contributed by atoms with Crippen LogP contribution in [0, 0.1) is 0 Å². The van der Waals surface area contributed by atoms with Crippen LogP contribution in [-0.4, -0.2) is 48.3 Å². The monoisotopic (exact) mass is 333 g/mol. The maximum atomic E-state index is 6.37. The molecular weight excluding hydrogens is 310 g/mol. The number of nitrogen functional groups attached to an aromatic ring is 1. The van der Waals surface area contributed by atoms with E-state index in [1.165, 1.54) is 0 Å². The number of likely N-dealkylation sites (N-methyl/N-ethyl adjacent to an activating group) is 1. The summed E-state index contributed by atoms with van der Waals surface area (Å²) in [5, 5.41) is 8.66. The van der Waals surface area contributed by atoms with Gasteiger partial charge in [0.2, 0.25) is 0 Å². The summed E-state index contributed by atoms with van der Waals surface area (Å²) in [5.41, 5.74) is 11.4. The van der Waals surface area contributed by atoms with Crippen LogP contribution in [-0.2, 0) is 0 Å². The molecule has 5 nitrogen and oxygen atoms in total. The van der Waals surface area contributed by atoms with Crippen molar-refractivity contribution < 1.29 is 0 Å². The molecule has 128 valence electrons. The van der Waals surface area contributed by atoms with E-state index < -0.39 is 0 Å². The summed E-state index contributed by atoms with van der Waals surface area (Å²) in [6.45, 7) is 4.12. The fraction of sp³-hybridized carbons (Fsp3) is 0.250. The summed E-state index contributed by atoms with van der Waals surface area (Å²) in [5.74, 6) is 0. The standard InChI is InChI=1S/C20H23N5/c1-24-9-11-25(12-10-24)20-14-19-16(13-17(20)21)18(22-23-19)8-7-15-5-3-2-4-6-15/h2-8,13-14H,9-12,21H2,1H3,(H,22,23)/b8-7+. The van der Waals surface area contributed by atoms with Crippen molar-refractivity contribution in [1.29, 1.82) is 0 Å². The molecule has 0 bridgehead atoms. The van der Waals surface area contributed by atoms with Gasteiger partial charge in [0.1, 0.15) is 0 Å². The number of H-pyrrole nitrogens is 1. The third-order valence-corrected chi connectivity index (χ3v) is 4.82. The van der Waals surface area contributed by atoms with Crippen molar-refractivity contribution in [2.24, 2.45) is 0 Å². The van der Waals surface area contributed by atoms with Gasteiger partial charge in [-0.2, -0.15) is 5.10 Å². The quantitative estimate of drug-likeness (QED) is 0.723. The summed E-state index contributed by atoms with van der Waals surface area (Å²) < 4.78 is 0. The molecule has 2 heterocycles. The van der Waals surface area contributed by atoms with E-state index in [2.05, 4.69) is 51.3 Å². The van der Waals surface area contributed by atoms with Crippen molar-refractivity contribution in [3.8, 4) is 0 Å². The van der Waals surface area contributed by atoms with E-state index in [0.29, 0.717) is 0 Å². The fourth-order valence-corrected chi connectivity index (χ4v) is 3.28. The average Bonchev–Trinajstić information content (AvgIpc) is 3.03. The fourth-order valence-electron chi connectivity index (χ4n) is 3.28. The molecule has 1 aromatic heterocycles. The van der Waals surface area contributed by atoms with Crippen LogP contribution in [0.1, 0.15) is 11.3 Å². The van der Waals surface area contributed by atoms with E-state index in [0.717, 1.165) is 59.7 Å². The zero-order chi connectivity index (χ0) is 17.2. The van der Waals surface area contributed by atoms with Gasteiger partial charge >= 0.3 is 0 Å². The highest BCUT2D eigenvalue weighted by Gasteiger charge is 2.17. The molecule has 0 unspecified atom stereocenters. The number of hydrogen-bond donors (Lipinski definition) is 2. The molecule has 3 aromatic rings. The molecule has 1 saturated heterocycles. The van der Waals surface area contributed by atoms with Gasteiger partial charge in [0.15, 0.2) is 0 Å². The van der Waals surface area contributed by atoms with Gasteiger partial charge < -0.3 is 15.5 Å². The van der Waals surface area contributed by atoms with Gasteiger partial charge in [-0.1, -0.05) is 36.4 Å². The van der Waals surface area contributed by atoms with Gasteiger partial charge in [0.25, 0.3) is 0 Å². The number of nitrogens with two attached hydrogens (primary N) is 1. The molecule has 1 fully saturated rings. The van der Waals surface area contributed by atoms with Gasteiger partial charge in [-0.3, -0.25) is 5.10 Å². The van der Waals surface area contributed by atoms with Gasteiger partial charge in [-0.25, -0.2) is 0 Å². The lowest BCUT2D eigenvalue weighted by atomic mass is 10.1. The third kappa shape index (κ3) is 3.23. The van der Waals surface area contributed by atoms with Crippen LogP contribution >= 0.6 is 0 Å². The van der Waals surface area contributed by atoms with Crippen LogP contribution in [0.15, 0.2) is 42.5 Å². The number of aromatic amines is 1. The van der Waals surface area contributed by atoms with Crippen LogP contribution in [0.4, 0.5) is 11.4 Å². The van der Waals surface area contributed by atoms with Crippen LogP contribution in [0.5, 0.6) is 0 Å². The SMILES string of the molecule is CN1CCN(c2cc3[nH]nc(/C=C/c4ccccc4)c3cc2N)CC1. The van der Waals surface area contributed by atoms with E-state index in [1.54, 1.807) is 0 Å². The molecule has 0 spiro atoms. The molecule has 2 aromatic carbocycles. The number of hydrogen-bond acceptors (Lipinski definition) is 4. The third-order valence-electron chi connectivity index (χ3n) is 4.82. The number of fused-ring (bicyclic) bond motifs is 1. The van der Waals surface area contributed by atoms with Gasteiger partial charge in [-0.05, 0) is 30.8 Å². The highest BCUT2D eigenvalue weighted by Crippen LogP contribution is 2.31. The first-order chi connectivity index (χ1) is 12.2. The zero-order valence-electron chi connectivity index (χ0n) is 14.4. The molecule has 0 atom stereocenters. The second kappa shape index (κ2) is 6.61. The molecule has 0 amide bonds. The first-order valence-corrected chi connectivity index (χ1v) is 8.65. The minimum absolute atomic E-state index is 0.813. The Bertz CT molecular complexity index is 889. The van der Waals surface area contributed by atoms with Crippen LogP contribution < -0.4 is 10.6 Å². The lowest BCUT2D eigenvalue weighted by Crippen LogP contribution is -2.44. The topological polar surface area (TPSA) is 61.2 Å². The molecule has 0 saturated carbocycles. The Kier molecular flexibility index (Phi) is 4.15. The Morgan fingerprint density at radius 3 is 2.56 bits per heavy atom. The van der Waals surface area contributed by atoms with Crippen molar-refractivity contribution in [1.82, 2.24) is 15.1 Å². The second-order valence-electron chi connectivity index (χ2n) is 6.60. The number of nitrogens with zero attached hydrogens (tertiary/aromatic N) is 3. The molecule has 0 radical (unpaired) electrons. The smallest absolute Gasteiger partial charge is 0.0928 e. The lowest BCUT2D eigenvalue weighted by Gasteiger charge is -2.34. The molecule has 1 aliphatic rings. The molecular formula is C20H23N5. The summed E-state index contributed by atoms with van der Waals surface area (Å²) >= 11 is 0. The molecule has 3 N–H and O–H groups in total. The first kappa shape index (κ1) is 15.7. The van der Waals surface area contributed by atoms with E-state index in [4.69, 9.17) is 5.73 Å². The molecule has 5 heteroatoms. The maximum Gasteiger partial charge on any atom is 0.0928 e. The van der Waals surface area contributed by atoms with Gasteiger partial charge in [0, 0.05) is 31.6 Å². The Hall–Kier alpha value is -2.79. The number of benzene rings is 2. The van der Waals surface area contributed by atoms with Crippen molar-refractivity contribution in [2.75, 3.05) is 43.9 Å². The van der Waals surface area contributed by atoms with Gasteiger partial charge in [-0.15, -0.1) is 0 Å². The molecule has 0 aliphatic carbocycles. The summed E-state index contributed by atoms with van der Waals surface area (Å²) in [6, 6.07) is 14.4. The normalized spacial score (nSPS) is 16.1.